The molecular weight excluding hydrogens is 370 g/mol. The Morgan fingerprint density at radius 1 is 0.900 bits per heavy atom. The second-order valence-electron chi connectivity index (χ2n) is 7.57. The summed E-state index contributed by atoms with van der Waals surface area (Å²) < 4.78 is 12.4. The van der Waals surface area contributed by atoms with Gasteiger partial charge in [-0.2, -0.15) is 0 Å². The molecule has 0 N–H and O–H groups in total. The second kappa shape index (κ2) is 7.77. The lowest BCUT2D eigenvalue weighted by molar-refractivity contribution is 0.0703. The lowest BCUT2D eigenvalue weighted by Crippen LogP contribution is -2.26. The van der Waals surface area contributed by atoms with Crippen molar-refractivity contribution < 1.29 is 9.15 Å². The molecule has 0 saturated heterocycles. The summed E-state index contributed by atoms with van der Waals surface area (Å²) in [6.45, 7) is 0. The zero-order chi connectivity index (χ0) is 20.4. The minimum atomic E-state index is -0.691. The number of methoxy groups -OCH3 is 1. The predicted octanol–water partition coefficient (Wildman–Crippen LogP) is 6.17. The SMILES string of the molecule is COC1(c2c(Cc3ccccc3)oc3ncccc23)C=CC(c2ccccc2)C=C1. The zero-order valence-electron chi connectivity index (χ0n) is 16.9. The highest BCUT2D eigenvalue weighted by atomic mass is 16.5. The fourth-order valence-corrected chi connectivity index (χ4v) is 4.23. The van der Waals surface area contributed by atoms with Crippen LogP contribution in [0.3, 0.4) is 0 Å². The maximum absolute atomic E-state index is 6.24. The van der Waals surface area contributed by atoms with Crippen molar-refractivity contribution in [1.82, 2.24) is 4.98 Å². The summed E-state index contributed by atoms with van der Waals surface area (Å²) in [5, 5.41) is 0.984. The van der Waals surface area contributed by atoms with E-state index in [1.54, 1.807) is 13.3 Å². The third-order valence-electron chi connectivity index (χ3n) is 5.76. The van der Waals surface area contributed by atoms with Gasteiger partial charge in [-0.15, -0.1) is 0 Å². The maximum atomic E-state index is 6.24. The van der Waals surface area contributed by atoms with Crippen LogP contribution in [0.15, 0.2) is 108 Å². The van der Waals surface area contributed by atoms with E-state index in [0.717, 1.165) is 16.7 Å². The van der Waals surface area contributed by atoms with Gasteiger partial charge in [0.05, 0.1) is 0 Å². The molecule has 0 saturated carbocycles. The standard InChI is InChI=1S/C27H23NO2/c1-29-27(16-14-22(15-17-27)21-11-6-3-7-12-21)25-23-13-8-18-28-26(23)30-24(25)19-20-9-4-2-5-10-20/h2-18,22H,19H2,1H3. The lowest BCUT2D eigenvalue weighted by atomic mass is 9.82. The molecule has 4 aromatic rings. The predicted molar refractivity (Wildman–Crippen MR) is 119 cm³/mol. The number of aromatic nitrogens is 1. The Balaban J connectivity index is 1.60. The Hall–Kier alpha value is -3.43. The first-order valence-electron chi connectivity index (χ1n) is 10.2. The lowest BCUT2D eigenvalue weighted by Gasteiger charge is -2.30. The molecule has 0 atom stereocenters. The molecule has 0 unspecified atom stereocenters. The average Bonchev–Trinajstić information content (AvgIpc) is 3.19. The van der Waals surface area contributed by atoms with Crippen molar-refractivity contribution in [3.63, 3.8) is 0 Å². The molecule has 148 valence electrons. The van der Waals surface area contributed by atoms with Gasteiger partial charge in [0.15, 0.2) is 0 Å². The molecule has 2 aromatic carbocycles. The van der Waals surface area contributed by atoms with Crippen molar-refractivity contribution >= 4 is 11.1 Å². The summed E-state index contributed by atoms with van der Waals surface area (Å²) in [6, 6.07) is 24.8. The summed E-state index contributed by atoms with van der Waals surface area (Å²) >= 11 is 0. The first-order valence-corrected chi connectivity index (χ1v) is 10.2. The molecule has 30 heavy (non-hydrogen) atoms. The Kier molecular flexibility index (Phi) is 4.82. The highest BCUT2D eigenvalue weighted by molar-refractivity contribution is 5.81. The molecule has 3 nitrogen and oxygen atoms in total. The minimum Gasteiger partial charge on any atom is -0.442 e. The van der Waals surface area contributed by atoms with Gasteiger partial charge in [-0.05, 0) is 35.4 Å². The molecule has 3 heteroatoms. The van der Waals surface area contributed by atoms with Gasteiger partial charge < -0.3 is 9.15 Å². The smallest absolute Gasteiger partial charge is 0.226 e. The third-order valence-corrected chi connectivity index (χ3v) is 5.76. The van der Waals surface area contributed by atoms with Gasteiger partial charge in [0.1, 0.15) is 11.4 Å². The van der Waals surface area contributed by atoms with Crippen LogP contribution < -0.4 is 0 Å². The van der Waals surface area contributed by atoms with Gasteiger partial charge in [0.2, 0.25) is 5.71 Å². The van der Waals surface area contributed by atoms with Gasteiger partial charge in [0.25, 0.3) is 0 Å². The molecule has 0 radical (unpaired) electrons. The van der Waals surface area contributed by atoms with Gasteiger partial charge >= 0.3 is 0 Å². The normalized spacial score (nSPS) is 20.6. The van der Waals surface area contributed by atoms with Crippen LogP contribution in [0.1, 0.15) is 28.4 Å². The number of ether oxygens (including phenoxy) is 1. The van der Waals surface area contributed by atoms with Crippen molar-refractivity contribution in [3.05, 3.63) is 126 Å². The number of hydrogen-bond donors (Lipinski definition) is 0. The molecular formula is C27H23NO2. The van der Waals surface area contributed by atoms with Gasteiger partial charge in [-0.25, -0.2) is 4.98 Å². The fraction of sp³-hybridized carbons (Fsp3) is 0.148. The minimum absolute atomic E-state index is 0.225. The highest BCUT2D eigenvalue weighted by Crippen LogP contribution is 2.42. The van der Waals surface area contributed by atoms with Crippen molar-refractivity contribution in [3.8, 4) is 0 Å². The van der Waals surface area contributed by atoms with E-state index in [1.807, 2.05) is 30.3 Å². The van der Waals surface area contributed by atoms with E-state index >= 15 is 0 Å². The largest absolute Gasteiger partial charge is 0.442 e. The monoisotopic (exact) mass is 393 g/mol. The second-order valence-corrected chi connectivity index (χ2v) is 7.57. The molecule has 2 heterocycles. The molecule has 0 spiro atoms. The Bertz CT molecular complexity index is 1190. The van der Waals surface area contributed by atoms with E-state index in [0.29, 0.717) is 12.1 Å². The van der Waals surface area contributed by atoms with Crippen LogP contribution in [-0.4, -0.2) is 12.1 Å². The number of benzene rings is 2. The fourth-order valence-electron chi connectivity index (χ4n) is 4.23. The molecule has 1 aliphatic rings. The van der Waals surface area contributed by atoms with Crippen molar-refractivity contribution in [2.24, 2.45) is 0 Å². The Morgan fingerprint density at radius 3 is 2.30 bits per heavy atom. The summed E-state index contributed by atoms with van der Waals surface area (Å²) in [6.07, 6.45) is 11.2. The molecule has 2 aromatic heterocycles. The van der Waals surface area contributed by atoms with E-state index in [4.69, 9.17) is 9.15 Å². The molecule has 0 aliphatic heterocycles. The Labute approximate surface area is 176 Å². The van der Waals surface area contributed by atoms with Gasteiger partial charge in [-0.1, -0.05) is 72.8 Å². The van der Waals surface area contributed by atoms with Crippen molar-refractivity contribution in [2.45, 2.75) is 17.9 Å². The summed E-state index contributed by atoms with van der Waals surface area (Å²) in [5.41, 5.74) is 3.43. The van der Waals surface area contributed by atoms with Gasteiger partial charge in [-0.3, -0.25) is 0 Å². The van der Waals surface area contributed by atoms with E-state index in [1.165, 1.54) is 11.1 Å². The summed E-state index contributed by atoms with van der Waals surface area (Å²) in [5.74, 6) is 1.10. The third kappa shape index (κ3) is 3.27. The summed E-state index contributed by atoms with van der Waals surface area (Å²) in [7, 11) is 1.75. The van der Waals surface area contributed by atoms with E-state index in [2.05, 4.69) is 71.8 Å². The van der Waals surface area contributed by atoms with Crippen LogP contribution in [0.25, 0.3) is 11.1 Å². The number of nitrogens with zero attached hydrogens (tertiary/aromatic N) is 1. The number of pyridine rings is 1. The average molecular weight is 393 g/mol. The first-order chi connectivity index (χ1) is 14.8. The molecule has 0 fully saturated rings. The van der Waals surface area contributed by atoms with Crippen LogP contribution in [-0.2, 0) is 16.8 Å². The summed E-state index contributed by atoms with van der Waals surface area (Å²) in [4.78, 5) is 4.46. The topological polar surface area (TPSA) is 35.3 Å². The quantitative estimate of drug-likeness (QED) is 0.380. The van der Waals surface area contributed by atoms with Crippen molar-refractivity contribution in [1.29, 1.82) is 0 Å². The van der Waals surface area contributed by atoms with Crippen LogP contribution >= 0.6 is 0 Å². The molecule has 0 bridgehead atoms. The van der Waals surface area contributed by atoms with Crippen molar-refractivity contribution in [2.75, 3.05) is 7.11 Å². The van der Waals surface area contributed by atoms with Crippen LogP contribution in [0.4, 0.5) is 0 Å². The van der Waals surface area contributed by atoms with Crippen LogP contribution in [0.5, 0.6) is 0 Å². The maximum Gasteiger partial charge on any atom is 0.226 e. The molecule has 0 amide bonds. The van der Waals surface area contributed by atoms with E-state index < -0.39 is 5.60 Å². The van der Waals surface area contributed by atoms with Crippen LogP contribution in [0.2, 0.25) is 0 Å². The van der Waals surface area contributed by atoms with E-state index in [-0.39, 0.29) is 5.92 Å². The Morgan fingerprint density at radius 2 is 1.60 bits per heavy atom. The number of allylic oxidation sites excluding steroid dienone is 2. The number of rotatable bonds is 5. The van der Waals surface area contributed by atoms with E-state index in [9.17, 15) is 0 Å². The van der Waals surface area contributed by atoms with Gasteiger partial charge in [0, 0.05) is 36.6 Å². The van der Waals surface area contributed by atoms with Crippen LogP contribution in [0, 0.1) is 0 Å². The number of fused-ring (bicyclic) bond motifs is 1. The first kappa shape index (κ1) is 18.6. The molecule has 5 rings (SSSR count). The zero-order valence-corrected chi connectivity index (χ0v) is 16.9. The number of furan rings is 1. The highest BCUT2D eigenvalue weighted by Gasteiger charge is 2.36. The molecule has 1 aliphatic carbocycles. The number of hydrogen-bond acceptors (Lipinski definition) is 3.